The lowest BCUT2D eigenvalue weighted by molar-refractivity contribution is -0.121. The van der Waals surface area contributed by atoms with Gasteiger partial charge in [-0.2, -0.15) is 0 Å². The second-order valence-electron chi connectivity index (χ2n) is 3.86. The first-order valence-corrected chi connectivity index (χ1v) is 5.70. The molecule has 0 saturated carbocycles. The van der Waals surface area contributed by atoms with Crippen LogP contribution >= 0.6 is 0 Å². The third-order valence-corrected chi connectivity index (χ3v) is 2.26. The van der Waals surface area contributed by atoms with Crippen LogP contribution in [0.3, 0.4) is 0 Å². The van der Waals surface area contributed by atoms with Gasteiger partial charge in [-0.15, -0.1) is 0 Å². The molecule has 0 aromatic heterocycles. The van der Waals surface area contributed by atoms with E-state index in [1.807, 2.05) is 6.92 Å². The van der Waals surface area contributed by atoms with Crippen molar-refractivity contribution < 1.29 is 4.79 Å². The number of hydrogen-bond donors (Lipinski definition) is 2. The molecule has 0 aromatic rings. The van der Waals surface area contributed by atoms with Crippen LogP contribution in [0.15, 0.2) is 0 Å². The zero-order valence-electron chi connectivity index (χ0n) is 9.51. The number of carbonyl (C=O) groups is 1. The second-order valence-corrected chi connectivity index (χ2v) is 3.86. The molecule has 0 heterocycles. The third kappa shape index (κ3) is 8.05. The molecule has 1 unspecified atom stereocenters. The largest absolute Gasteiger partial charge is 0.354 e. The molecule has 0 fully saturated rings. The highest BCUT2D eigenvalue weighted by Crippen LogP contribution is 2.02. The van der Waals surface area contributed by atoms with Crippen molar-refractivity contribution in [3.63, 3.8) is 0 Å². The van der Waals surface area contributed by atoms with E-state index in [4.69, 9.17) is 5.73 Å². The summed E-state index contributed by atoms with van der Waals surface area (Å²) in [4.78, 5) is 11.3. The lowest BCUT2D eigenvalue weighted by Gasteiger charge is -2.12. The predicted octanol–water partition coefficient (Wildman–Crippen LogP) is 1.81. The van der Waals surface area contributed by atoms with Gasteiger partial charge in [-0.1, -0.05) is 26.2 Å². The van der Waals surface area contributed by atoms with Crippen molar-refractivity contribution in [3.05, 3.63) is 0 Å². The molecule has 0 saturated heterocycles. The molecule has 0 aliphatic carbocycles. The van der Waals surface area contributed by atoms with Gasteiger partial charge in [0.15, 0.2) is 0 Å². The Morgan fingerprint density at radius 1 is 1.36 bits per heavy atom. The minimum atomic E-state index is 0.169. The summed E-state index contributed by atoms with van der Waals surface area (Å²) in [6.07, 6.45) is 6.14. The van der Waals surface area contributed by atoms with Crippen LogP contribution in [0.1, 0.15) is 52.4 Å². The Kier molecular flexibility index (Phi) is 8.64. The van der Waals surface area contributed by atoms with E-state index in [0.717, 1.165) is 19.3 Å². The Hall–Kier alpha value is -0.570. The number of unbranched alkanes of at least 4 members (excludes halogenated alkanes) is 3. The molecular weight excluding hydrogens is 176 g/mol. The fourth-order valence-electron chi connectivity index (χ4n) is 1.38. The van der Waals surface area contributed by atoms with Gasteiger partial charge in [0.25, 0.3) is 0 Å². The van der Waals surface area contributed by atoms with Crippen LogP contribution in [-0.4, -0.2) is 18.5 Å². The minimum Gasteiger partial charge on any atom is -0.354 e. The van der Waals surface area contributed by atoms with E-state index >= 15 is 0 Å². The summed E-state index contributed by atoms with van der Waals surface area (Å²) in [5, 5.41) is 2.94. The van der Waals surface area contributed by atoms with E-state index in [9.17, 15) is 4.79 Å². The summed E-state index contributed by atoms with van der Waals surface area (Å²) in [6.45, 7) is 4.80. The van der Waals surface area contributed by atoms with Gasteiger partial charge in [-0.3, -0.25) is 4.79 Å². The fourth-order valence-corrected chi connectivity index (χ4v) is 1.38. The van der Waals surface area contributed by atoms with E-state index in [1.54, 1.807) is 0 Å². The van der Waals surface area contributed by atoms with Gasteiger partial charge in [0.05, 0.1) is 0 Å². The number of amides is 1. The van der Waals surface area contributed by atoms with Crippen LogP contribution in [-0.2, 0) is 4.79 Å². The molecule has 1 amide bonds. The molecular formula is C11H24N2O. The van der Waals surface area contributed by atoms with Crippen molar-refractivity contribution in [1.82, 2.24) is 5.32 Å². The van der Waals surface area contributed by atoms with Gasteiger partial charge < -0.3 is 11.1 Å². The van der Waals surface area contributed by atoms with Crippen molar-refractivity contribution in [3.8, 4) is 0 Å². The highest BCUT2D eigenvalue weighted by molar-refractivity contribution is 5.76. The molecule has 0 spiro atoms. The van der Waals surface area contributed by atoms with E-state index < -0.39 is 0 Å². The Balaban J connectivity index is 3.35. The van der Waals surface area contributed by atoms with Gasteiger partial charge in [-0.25, -0.2) is 0 Å². The van der Waals surface area contributed by atoms with Crippen molar-refractivity contribution >= 4 is 5.91 Å². The number of rotatable bonds is 8. The van der Waals surface area contributed by atoms with Crippen molar-refractivity contribution in [1.29, 1.82) is 0 Å². The molecule has 0 aliphatic rings. The predicted molar refractivity (Wildman–Crippen MR) is 60.0 cm³/mol. The molecule has 0 rings (SSSR count). The fraction of sp³-hybridized carbons (Fsp3) is 0.909. The second kappa shape index (κ2) is 9.00. The molecule has 0 bridgehead atoms. The topological polar surface area (TPSA) is 55.1 Å². The highest BCUT2D eigenvalue weighted by atomic mass is 16.1. The first kappa shape index (κ1) is 13.4. The third-order valence-electron chi connectivity index (χ3n) is 2.26. The van der Waals surface area contributed by atoms with Crippen LogP contribution in [0.4, 0.5) is 0 Å². The minimum absolute atomic E-state index is 0.169. The average molecular weight is 200 g/mol. The van der Waals surface area contributed by atoms with E-state index in [-0.39, 0.29) is 11.9 Å². The zero-order chi connectivity index (χ0) is 10.8. The van der Waals surface area contributed by atoms with E-state index in [2.05, 4.69) is 12.2 Å². The van der Waals surface area contributed by atoms with Crippen LogP contribution in [0.25, 0.3) is 0 Å². The van der Waals surface area contributed by atoms with Crippen molar-refractivity contribution in [2.75, 3.05) is 6.54 Å². The number of hydrogen-bond acceptors (Lipinski definition) is 2. The van der Waals surface area contributed by atoms with Crippen molar-refractivity contribution in [2.24, 2.45) is 5.73 Å². The summed E-state index contributed by atoms with van der Waals surface area (Å²) in [5.41, 5.74) is 5.39. The zero-order valence-corrected chi connectivity index (χ0v) is 9.51. The first-order chi connectivity index (χ1) is 6.70. The smallest absolute Gasteiger partial charge is 0.220 e. The van der Waals surface area contributed by atoms with E-state index in [0.29, 0.717) is 13.0 Å². The van der Waals surface area contributed by atoms with Crippen LogP contribution < -0.4 is 11.1 Å². The lowest BCUT2D eigenvalue weighted by atomic mass is 10.1. The maximum Gasteiger partial charge on any atom is 0.220 e. The Labute approximate surface area is 87.4 Å². The molecule has 1 atom stereocenters. The summed E-state index contributed by atoms with van der Waals surface area (Å²) in [6, 6.07) is 0.221. The van der Waals surface area contributed by atoms with E-state index in [1.165, 1.54) is 12.8 Å². The average Bonchev–Trinajstić information content (AvgIpc) is 2.13. The van der Waals surface area contributed by atoms with Crippen LogP contribution in [0.2, 0.25) is 0 Å². The van der Waals surface area contributed by atoms with Gasteiger partial charge in [0, 0.05) is 12.5 Å². The summed E-state index contributed by atoms with van der Waals surface area (Å²) in [5.74, 6) is 0.169. The number of nitrogens with one attached hydrogen (secondary N) is 1. The first-order valence-electron chi connectivity index (χ1n) is 5.70. The lowest BCUT2D eigenvalue weighted by Crippen LogP contribution is -2.33. The molecule has 0 aliphatic heterocycles. The summed E-state index contributed by atoms with van der Waals surface area (Å²) in [7, 11) is 0. The van der Waals surface area contributed by atoms with Crippen molar-refractivity contribution in [2.45, 2.75) is 58.4 Å². The molecule has 84 valence electrons. The Bertz CT molecular complexity index is 148. The number of nitrogens with two attached hydrogens (primary N) is 1. The van der Waals surface area contributed by atoms with Gasteiger partial charge >= 0.3 is 0 Å². The number of carbonyl (C=O) groups excluding carboxylic acids is 1. The molecule has 0 aromatic carbocycles. The molecule has 3 N–H and O–H groups in total. The quantitative estimate of drug-likeness (QED) is 0.587. The highest BCUT2D eigenvalue weighted by Gasteiger charge is 2.05. The summed E-state index contributed by atoms with van der Waals surface area (Å²) >= 11 is 0. The molecule has 3 nitrogen and oxygen atoms in total. The Morgan fingerprint density at radius 3 is 2.64 bits per heavy atom. The maximum atomic E-state index is 11.3. The molecule has 3 heteroatoms. The Morgan fingerprint density at radius 2 is 2.07 bits per heavy atom. The van der Waals surface area contributed by atoms with Gasteiger partial charge in [0.2, 0.25) is 5.91 Å². The van der Waals surface area contributed by atoms with Gasteiger partial charge in [-0.05, 0) is 26.3 Å². The van der Waals surface area contributed by atoms with Crippen LogP contribution in [0.5, 0.6) is 0 Å². The maximum absolute atomic E-state index is 11.3. The molecule has 0 radical (unpaired) electrons. The van der Waals surface area contributed by atoms with Crippen LogP contribution in [0, 0.1) is 0 Å². The molecule has 14 heavy (non-hydrogen) atoms. The normalized spacial score (nSPS) is 12.5. The standard InChI is InChI=1S/C11H24N2O/c1-3-4-5-6-7-11(14)13-10(2)8-9-12/h10H,3-9,12H2,1-2H3,(H,13,14). The SMILES string of the molecule is CCCCCCC(=O)NC(C)CCN. The summed E-state index contributed by atoms with van der Waals surface area (Å²) < 4.78 is 0. The van der Waals surface area contributed by atoms with Gasteiger partial charge in [0.1, 0.15) is 0 Å². The monoisotopic (exact) mass is 200 g/mol.